The number of benzene rings is 2. The number of H-pyrrole nitrogens is 1. The summed E-state index contributed by atoms with van der Waals surface area (Å²) in [6.45, 7) is 10.2. The van der Waals surface area contributed by atoms with E-state index in [4.69, 9.17) is 4.74 Å². The Morgan fingerprint density at radius 1 is 1.10 bits per heavy atom. The van der Waals surface area contributed by atoms with Crippen molar-refractivity contribution in [3.8, 4) is 17.1 Å². The van der Waals surface area contributed by atoms with E-state index in [0.717, 1.165) is 63.2 Å². The quantitative estimate of drug-likeness (QED) is 0.287. The van der Waals surface area contributed by atoms with Crippen LogP contribution in [0, 0.1) is 13.8 Å². The average molecular weight is 543 g/mol. The first-order valence-electron chi connectivity index (χ1n) is 13.6. The van der Waals surface area contributed by atoms with Gasteiger partial charge in [0.15, 0.2) is 0 Å². The van der Waals surface area contributed by atoms with E-state index in [1.807, 2.05) is 6.92 Å². The standard InChI is InChI=1S/C30H37F3N4O2/c1-4-39-26-19-20(2)7-12-25(26)22-13-17-37(18-14-22)16-6-5-15-34-29(38)27-21(3)35-28(36-27)23-8-10-24(11-9-23)30(31,32)33/h7-12,19,22H,4-6,13-18H2,1-3H3,(H,34,38)(H,35,36). The second-order valence-electron chi connectivity index (χ2n) is 10.2. The van der Waals surface area contributed by atoms with Crippen molar-refractivity contribution in [1.82, 2.24) is 20.2 Å². The summed E-state index contributed by atoms with van der Waals surface area (Å²) in [7, 11) is 0. The third-order valence-corrected chi connectivity index (χ3v) is 7.27. The number of aromatic amines is 1. The van der Waals surface area contributed by atoms with Crippen molar-refractivity contribution in [3.05, 3.63) is 70.5 Å². The summed E-state index contributed by atoms with van der Waals surface area (Å²) in [6.07, 6.45) is -0.337. The van der Waals surface area contributed by atoms with E-state index < -0.39 is 11.7 Å². The zero-order chi connectivity index (χ0) is 28.0. The van der Waals surface area contributed by atoms with Crippen LogP contribution in [0.25, 0.3) is 11.4 Å². The Kier molecular flexibility index (Phi) is 9.32. The first-order chi connectivity index (χ1) is 18.7. The van der Waals surface area contributed by atoms with E-state index in [1.54, 1.807) is 6.92 Å². The molecule has 3 aromatic rings. The van der Waals surface area contributed by atoms with Crippen molar-refractivity contribution in [3.63, 3.8) is 0 Å². The average Bonchev–Trinajstić information content (AvgIpc) is 3.30. The van der Waals surface area contributed by atoms with Crippen LogP contribution in [0.15, 0.2) is 42.5 Å². The van der Waals surface area contributed by atoms with E-state index in [1.165, 1.54) is 23.3 Å². The SMILES string of the molecule is CCOc1cc(C)ccc1C1CCN(CCCCNC(=O)c2nc(-c3ccc(C(F)(F)F)cc3)[nH]c2C)CC1. The molecule has 1 saturated heterocycles. The molecule has 1 aromatic heterocycles. The number of hydrogen-bond donors (Lipinski definition) is 2. The minimum Gasteiger partial charge on any atom is -0.494 e. The van der Waals surface area contributed by atoms with Crippen molar-refractivity contribution in [2.24, 2.45) is 0 Å². The van der Waals surface area contributed by atoms with Gasteiger partial charge in [-0.25, -0.2) is 4.98 Å². The number of halogens is 3. The number of amides is 1. The summed E-state index contributed by atoms with van der Waals surface area (Å²) < 4.78 is 44.4. The van der Waals surface area contributed by atoms with Gasteiger partial charge in [0.05, 0.1) is 12.2 Å². The lowest BCUT2D eigenvalue weighted by Gasteiger charge is -2.33. The van der Waals surface area contributed by atoms with Crippen molar-refractivity contribution < 1.29 is 22.7 Å². The third kappa shape index (κ3) is 7.41. The highest BCUT2D eigenvalue weighted by Crippen LogP contribution is 2.35. The molecule has 0 bridgehead atoms. The van der Waals surface area contributed by atoms with Crippen LogP contribution in [0.1, 0.15) is 71.4 Å². The van der Waals surface area contributed by atoms with Crippen molar-refractivity contribution in [1.29, 1.82) is 0 Å². The number of unbranched alkanes of at least 4 members (excludes halogenated alkanes) is 1. The molecule has 9 heteroatoms. The number of likely N-dealkylation sites (tertiary alicyclic amines) is 1. The molecule has 1 fully saturated rings. The number of rotatable bonds is 10. The fourth-order valence-corrected chi connectivity index (χ4v) is 5.11. The Bertz CT molecular complexity index is 1250. The predicted octanol–water partition coefficient (Wildman–Crippen LogP) is 6.50. The van der Waals surface area contributed by atoms with Gasteiger partial charge in [0.25, 0.3) is 5.91 Å². The van der Waals surface area contributed by atoms with Crippen molar-refractivity contribution in [2.45, 2.75) is 58.5 Å². The topological polar surface area (TPSA) is 70.2 Å². The molecule has 0 aliphatic carbocycles. The molecule has 0 atom stereocenters. The maximum atomic E-state index is 12.8. The maximum absolute atomic E-state index is 12.8. The molecule has 1 amide bonds. The molecule has 39 heavy (non-hydrogen) atoms. The van der Waals surface area contributed by atoms with Crippen LogP contribution in [0.3, 0.4) is 0 Å². The number of carbonyl (C=O) groups is 1. The zero-order valence-corrected chi connectivity index (χ0v) is 22.8. The molecule has 1 aliphatic rings. The summed E-state index contributed by atoms with van der Waals surface area (Å²) in [5, 5.41) is 2.92. The number of nitrogens with zero attached hydrogens (tertiary/aromatic N) is 2. The number of imidazole rings is 1. The monoisotopic (exact) mass is 542 g/mol. The number of aryl methyl sites for hydroxylation is 2. The second kappa shape index (κ2) is 12.7. The minimum atomic E-state index is -4.39. The van der Waals surface area contributed by atoms with Crippen LogP contribution < -0.4 is 10.1 Å². The first kappa shape index (κ1) is 28.7. The predicted molar refractivity (Wildman–Crippen MR) is 146 cm³/mol. The van der Waals surface area contributed by atoms with Gasteiger partial charge in [0, 0.05) is 17.8 Å². The van der Waals surface area contributed by atoms with Crippen LogP contribution in [-0.4, -0.2) is 53.6 Å². The summed E-state index contributed by atoms with van der Waals surface area (Å²) in [6, 6.07) is 11.2. The molecule has 210 valence electrons. The third-order valence-electron chi connectivity index (χ3n) is 7.27. The highest BCUT2D eigenvalue weighted by Gasteiger charge is 2.30. The summed E-state index contributed by atoms with van der Waals surface area (Å²) in [5.74, 6) is 1.62. The van der Waals surface area contributed by atoms with Gasteiger partial charge in [-0.05, 0) is 101 Å². The highest BCUT2D eigenvalue weighted by molar-refractivity contribution is 5.94. The highest BCUT2D eigenvalue weighted by atomic mass is 19.4. The lowest BCUT2D eigenvalue weighted by Crippen LogP contribution is -2.34. The number of piperidine rings is 1. The zero-order valence-electron chi connectivity index (χ0n) is 22.8. The van der Waals surface area contributed by atoms with Gasteiger partial charge < -0.3 is 19.9 Å². The number of aromatic nitrogens is 2. The van der Waals surface area contributed by atoms with Crippen molar-refractivity contribution >= 4 is 5.91 Å². The Morgan fingerprint density at radius 2 is 1.82 bits per heavy atom. The maximum Gasteiger partial charge on any atom is 0.416 e. The summed E-state index contributed by atoms with van der Waals surface area (Å²) in [4.78, 5) is 22.5. The normalized spacial score (nSPS) is 14.9. The molecule has 1 aliphatic heterocycles. The van der Waals surface area contributed by atoms with E-state index in [-0.39, 0.29) is 11.6 Å². The van der Waals surface area contributed by atoms with Crippen molar-refractivity contribution in [2.75, 3.05) is 32.8 Å². The number of hydrogen-bond acceptors (Lipinski definition) is 4. The molecule has 0 radical (unpaired) electrons. The fraction of sp³-hybridized carbons (Fsp3) is 0.467. The van der Waals surface area contributed by atoms with Crippen LogP contribution in [0.5, 0.6) is 5.75 Å². The largest absolute Gasteiger partial charge is 0.494 e. The number of nitrogens with one attached hydrogen (secondary N) is 2. The molecule has 2 aromatic carbocycles. The molecule has 2 N–H and O–H groups in total. The Labute approximate surface area is 228 Å². The van der Waals surface area contributed by atoms with Gasteiger partial charge in [-0.2, -0.15) is 13.2 Å². The smallest absolute Gasteiger partial charge is 0.416 e. The van der Waals surface area contributed by atoms with E-state index in [2.05, 4.69) is 45.3 Å². The first-order valence-corrected chi connectivity index (χ1v) is 13.6. The van der Waals surface area contributed by atoms with Crippen LogP contribution in [0.4, 0.5) is 13.2 Å². The number of alkyl halides is 3. The Balaban J connectivity index is 1.19. The van der Waals surface area contributed by atoms with E-state index in [0.29, 0.717) is 36.2 Å². The molecule has 0 saturated carbocycles. The van der Waals surface area contributed by atoms with Gasteiger partial charge in [0.2, 0.25) is 0 Å². The van der Waals surface area contributed by atoms with Gasteiger partial charge in [0.1, 0.15) is 17.3 Å². The van der Waals surface area contributed by atoms with E-state index in [9.17, 15) is 18.0 Å². The summed E-state index contributed by atoms with van der Waals surface area (Å²) >= 11 is 0. The lowest BCUT2D eigenvalue weighted by molar-refractivity contribution is -0.137. The Morgan fingerprint density at radius 3 is 2.49 bits per heavy atom. The molecular weight excluding hydrogens is 505 g/mol. The Hall–Kier alpha value is -3.33. The molecule has 4 rings (SSSR count). The molecule has 0 spiro atoms. The number of carbonyl (C=O) groups excluding carboxylic acids is 1. The fourth-order valence-electron chi connectivity index (χ4n) is 5.11. The second-order valence-corrected chi connectivity index (χ2v) is 10.2. The van der Waals surface area contributed by atoms with Gasteiger partial charge in [-0.1, -0.05) is 24.3 Å². The van der Waals surface area contributed by atoms with Crippen LogP contribution >= 0.6 is 0 Å². The molecule has 0 unspecified atom stereocenters. The minimum absolute atomic E-state index is 0.259. The van der Waals surface area contributed by atoms with Gasteiger partial charge >= 0.3 is 6.18 Å². The molecule has 2 heterocycles. The number of ether oxygens (including phenoxy) is 1. The van der Waals surface area contributed by atoms with Gasteiger partial charge in [-0.3, -0.25) is 4.79 Å². The van der Waals surface area contributed by atoms with Crippen LogP contribution in [-0.2, 0) is 6.18 Å². The lowest BCUT2D eigenvalue weighted by atomic mass is 9.88. The molecular formula is C30H37F3N4O2. The molecule has 6 nitrogen and oxygen atoms in total. The van der Waals surface area contributed by atoms with Gasteiger partial charge in [-0.15, -0.1) is 0 Å². The van der Waals surface area contributed by atoms with Crippen LogP contribution in [0.2, 0.25) is 0 Å². The summed E-state index contributed by atoms with van der Waals surface area (Å²) in [5.41, 5.74) is 3.14. The van der Waals surface area contributed by atoms with E-state index >= 15 is 0 Å².